The van der Waals surface area contributed by atoms with Gasteiger partial charge in [-0.05, 0) is 55.5 Å². The molecule has 1 N–H and O–H groups in total. The molecule has 2 amide bonds. The lowest BCUT2D eigenvalue weighted by Crippen LogP contribution is -2.74. The fraction of sp³-hybridized carbons (Fsp3) is 0.625. The first-order valence-electron chi connectivity index (χ1n) is 7.53. The smallest absolute Gasteiger partial charge is 0.248 e. The third-order valence-corrected chi connectivity index (χ3v) is 5.52. The summed E-state index contributed by atoms with van der Waals surface area (Å²) in [7, 11) is 0. The van der Waals surface area contributed by atoms with E-state index in [4.69, 9.17) is 0 Å². The van der Waals surface area contributed by atoms with Crippen molar-refractivity contribution in [2.45, 2.75) is 58.0 Å². The van der Waals surface area contributed by atoms with Crippen LogP contribution in [0, 0.1) is 0 Å². The molecule has 0 aliphatic carbocycles. The highest BCUT2D eigenvalue weighted by Gasteiger charge is 2.52. The number of rotatable bonds is 5. The second-order valence-electron chi connectivity index (χ2n) is 6.11. The molecule has 1 aliphatic heterocycles. The first kappa shape index (κ1) is 16.0. The van der Waals surface area contributed by atoms with Crippen molar-refractivity contribution in [1.82, 2.24) is 10.2 Å². The molecule has 0 aromatic carbocycles. The van der Waals surface area contributed by atoms with E-state index in [2.05, 4.69) is 16.8 Å². The summed E-state index contributed by atoms with van der Waals surface area (Å²) in [5.41, 5.74) is -0.308. The van der Waals surface area contributed by atoms with Gasteiger partial charge in [-0.1, -0.05) is 13.8 Å². The summed E-state index contributed by atoms with van der Waals surface area (Å²) in [6.07, 6.45) is 2.01. The fourth-order valence-electron chi connectivity index (χ4n) is 2.70. The van der Waals surface area contributed by atoms with Crippen molar-refractivity contribution in [1.29, 1.82) is 0 Å². The normalized spacial score (nSPS) is 29.6. The Bertz CT molecular complexity index is 528. The zero-order valence-electron chi connectivity index (χ0n) is 13.2. The van der Waals surface area contributed by atoms with Crippen LogP contribution in [0.25, 0.3) is 0 Å². The van der Waals surface area contributed by atoms with Crippen molar-refractivity contribution < 1.29 is 9.59 Å². The van der Waals surface area contributed by atoms with Crippen molar-refractivity contribution in [3.63, 3.8) is 0 Å². The number of hydrogen-bond acceptors (Lipinski definition) is 3. The number of nitrogens with one attached hydrogen (secondary N) is 1. The van der Waals surface area contributed by atoms with Gasteiger partial charge in [-0.15, -0.1) is 0 Å². The molecule has 0 radical (unpaired) electrons. The maximum absolute atomic E-state index is 12.9. The molecule has 0 saturated carbocycles. The van der Waals surface area contributed by atoms with Gasteiger partial charge in [-0.25, -0.2) is 0 Å². The van der Waals surface area contributed by atoms with E-state index in [-0.39, 0.29) is 11.8 Å². The first-order chi connectivity index (χ1) is 9.87. The van der Waals surface area contributed by atoms with E-state index >= 15 is 0 Å². The zero-order chi connectivity index (χ0) is 15.7. The van der Waals surface area contributed by atoms with Crippen LogP contribution in [-0.2, 0) is 16.0 Å². The van der Waals surface area contributed by atoms with Crippen LogP contribution < -0.4 is 5.32 Å². The fourth-order valence-corrected chi connectivity index (χ4v) is 3.40. The van der Waals surface area contributed by atoms with Gasteiger partial charge in [0.25, 0.3) is 0 Å². The Labute approximate surface area is 130 Å². The topological polar surface area (TPSA) is 49.4 Å². The lowest BCUT2D eigenvalue weighted by Gasteiger charge is -2.50. The van der Waals surface area contributed by atoms with Crippen LogP contribution in [0.4, 0.5) is 0 Å². The van der Waals surface area contributed by atoms with Gasteiger partial charge < -0.3 is 10.2 Å². The molecule has 21 heavy (non-hydrogen) atoms. The SMILES string of the molecule is CCC1(C)NC(=O)C(C)(CC)N(CCc2ccsc2)C1=O. The van der Waals surface area contributed by atoms with Gasteiger partial charge in [0.15, 0.2) is 0 Å². The molecular formula is C16H24N2O2S. The van der Waals surface area contributed by atoms with E-state index in [0.717, 1.165) is 6.42 Å². The molecule has 1 aromatic heterocycles. The summed E-state index contributed by atoms with van der Waals surface area (Å²) in [5.74, 6) is -0.0107. The highest BCUT2D eigenvalue weighted by Crippen LogP contribution is 2.30. The van der Waals surface area contributed by atoms with E-state index in [1.807, 2.05) is 33.1 Å². The Morgan fingerprint density at radius 1 is 1.24 bits per heavy atom. The Morgan fingerprint density at radius 3 is 2.48 bits per heavy atom. The van der Waals surface area contributed by atoms with Crippen LogP contribution in [0.1, 0.15) is 46.1 Å². The van der Waals surface area contributed by atoms with Gasteiger partial charge in [0.2, 0.25) is 11.8 Å². The molecule has 1 aromatic rings. The predicted molar refractivity (Wildman–Crippen MR) is 85.3 cm³/mol. The average Bonchev–Trinajstić information content (AvgIpc) is 2.98. The summed E-state index contributed by atoms with van der Waals surface area (Å²) < 4.78 is 0. The van der Waals surface area contributed by atoms with E-state index in [1.54, 1.807) is 16.2 Å². The molecule has 2 unspecified atom stereocenters. The lowest BCUT2D eigenvalue weighted by molar-refractivity contribution is -0.161. The van der Waals surface area contributed by atoms with Gasteiger partial charge >= 0.3 is 0 Å². The van der Waals surface area contributed by atoms with E-state index in [1.165, 1.54) is 5.56 Å². The second kappa shape index (κ2) is 5.79. The predicted octanol–water partition coefficient (Wildman–Crippen LogP) is 2.59. The van der Waals surface area contributed by atoms with E-state index < -0.39 is 11.1 Å². The van der Waals surface area contributed by atoms with Gasteiger partial charge in [0, 0.05) is 6.54 Å². The third-order valence-electron chi connectivity index (χ3n) is 4.79. The number of hydrogen-bond donors (Lipinski definition) is 1. The highest BCUT2D eigenvalue weighted by molar-refractivity contribution is 7.07. The van der Waals surface area contributed by atoms with Crippen molar-refractivity contribution in [3.05, 3.63) is 22.4 Å². The molecule has 4 nitrogen and oxygen atoms in total. The first-order valence-corrected chi connectivity index (χ1v) is 8.47. The molecule has 1 aliphatic rings. The molecule has 5 heteroatoms. The minimum atomic E-state index is -0.777. The van der Waals surface area contributed by atoms with E-state index in [9.17, 15) is 9.59 Å². The summed E-state index contributed by atoms with van der Waals surface area (Å²) in [4.78, 5) is 27.2. The molecule has 0 spiro atoms. The number of nitrogens with zero attached hydrogens (tertiary/aromatic N) is 1. The Balaban J connectivity index is 2.26. The lowest BCUT2D eigenvalue weighted by atomic mass is 9.84. The van der Waals surface area contributed by atoms with Crippen LogP contribution in [0.15, 0.2) is 16.8 Å². The van der Waals surface area contributed by atoms with Crippen molar-refractivity contribution in [2.24, 2.45) is 0 Å². The molecule has 2 heterocycles. The number of piperazine rings is 1. The largest absolute Gasteiger partial charge is 0.340 e. The molecule has 1 saturated heterocycles. The quantitative estimate of drug-likeness (QED) is 0.909. The minimum absolute atomic E-state index is 0.0316. The maximum atomic E-state index is 12.9. The molecular weight excluding hydrogens is 284 g/mol. The number of carbonyl (C=O) groups is 2. The Morgan fingerprint density at radius 2 is 1.95 bits per heavy atom. The Hall–Kier alpha value is -1.36. The monoisotopic (exact) mass is 308 g/mol. The van der Waals surface area contributed by atoms with Gasteiger partial charge in [0.05, 0.1) is 0 Å². The molecule has 116 valence electrons. The zero-order valence-corrected chi connectivity index (χ0v) is 14.0. The molecule has 2 rings (SSSR count). The van der Waals surface area contributed by atoms with Crippen LogP contribution in [-0.4, -0.2) is 34.3 Å². The molecule has 0 bridgehead atoms. The summed E-state index contributed by atoms with van der Waals surface area (Å²) >= 11 is 1.65. The van der Waals surface area contributed by atoms with Crippen molar-refractivity contribution in [2.75, 3.05) is 6.54 Å². The summed E-state index contributed by atoms with van der Waals surface area (Å²) in [6.45, 7) is 8.16. The molecule has 1 fully saturated rings. The summed E-state index contributed by atoms with van der Waals surface area (Å²) in [5, 5.41) is 7.06. The Kier molecular flexibility index (Phi) is 4.42. The van der Waals surface area contributed by atoms with Crippen LogP contribution in [0.3, 0.4) is 0 Å². The van der Waals surface area contributed by atoms with Gasteiger partial charge in [0.1, 0.15) is 11.1 Å². The number of thiophene rings is 1. The van der Waals surface area contributed by atoms with Crippen molar-refractivity contribution >= 4 is 23.2 Å². The van der Waals surface area contributed by atoms with Gasteiger partial charge in [-0.2, -0.15) is 11.3 Å². The summed E-state index contributed by atoms with van der Waals surface area (Å²) in [6, 6.07) is 2.07. The average molecular weight is 308 g/mol. The van der Waals surface area contributed by atoms with E-state index in [0.29, 0.717) is 19.4 Å². The number of amides is 2. The molecule has 2 atom stereocenters. The maximum Gasteiger partial charge on any atom is 0.248 e. The van der Waals surface area contributed by atoms with Crippen LogP contribution in [0.5, 0.6) is 0 Å². The van der Waals surface area contributed by atoms with Crippen LogP contribution >= 0.6 is 11.3 Å². The van der Waals surface area contributed by atoms with Crippen molar-refractivity contribution in [3.8, 4) is 0 Å². The second-order valence-corrected chi connectivity index (χ2v) is 6.89. The van der Waals surface area contributed by atoms with Gasteiger partial charge in [-0.3, -0.25) is 9.59 Å². The number of carbonyl (C=O) groups excluding carboxylic acids is 2. The third kappa shape index (κ3) is 2.71. The highest BCUT2D eigenvalue weighted by atomic mass is 32.1. The van der Waals surface area contributed by atoms with Crippen LogP contribution in [0.2, 0.25) is 0 Å². The minimum Gasteiger partial charge on any atom is -0.340 e. The standard InChI is InChI=1S/C16H24N2O2S/c1-5-15(3)14(20)18(9-7-12-8-10-21-11-12)16(4,6-2)13(19)17-15/h8,10-11H,5-7,9H2,1-4H3,(H,17,19).